The van der Waals surface area contributed by atoms with Crippen molar-refractivity contribution < 1.29 is 4.79 Å². The van der Waals surface area contributed by atoms with Gasteiger partial charge in [0.15, 0.2) is 0 Å². The summed E-state index contributed by atoms with van der Waals surface area (Å²) in [5.74, 6) is 2.73. The zero-order valence-corrected chi connectivity index (χ0v) is 15.6. The molecule has 2 aromatic rings. The second-order valence-electron chi connectivity index (χ2n) is 6.59. The number of hydrogen-bond donors (Lipinski definition) is 1. The first kappa shape index (κ1) is 17.0. The molecule has 0 aliphatic carbocycles. The lowest BCUT2D eigenvalue weighted by Gasteiger charge is -2.17. The fraction of sp³-hybridized carbons (Fsp3) is 0.350. The summed E-state index contributed by atoms with van der Waals surface area (Å²) >= 11 is 3.97. The molecule has 2 fully saturated rings. The molecule has 2 aliphatic rings. The van der Waals surface area contributed by atoms with Crippen molar-refractivity contribution in [2.45, 2.75) is 16.5 Å². The molecule has 5 heteroatoms. The lowest BCUT2D eigenvalue weighted by molar-refractivity contribution is 0.0789. The summed E-state index contributed by atoms with van der Waals surface area (Å²) in [5, 5.41) is 0. The highest BCUT2D eigenvalue weighted by Crippen LogP contribution is 2.45. The summed E-state index contributed by atoms with van der Waals surface area (Å²) in [5.41, 5.74) is 9.61. The Morgan fingerprint density at radius 3 is 2.28 bits per heavy atom. The van der Waals surface area contributed by atoms with E-state index in [4.69, 9.17) is 5.73 Å². The van der Waals surface area contributed by atoms with E-state index < -0.39 is 0 Å². The number of amides is 1. The summed E-state index contributed by atoms with van der Waals surface area (Å²) in [4.78, 5) is 14.8. The quantitative estimate of drug-likeness (QED) is 0.894. The zero-order valence-electron chi connectivity index (χ0n) is 14.0. The van der Waals surface area contributed by atoms with Gasteiger partial charge in [-0.1, -0.05) is 42.5 Å². The Morgan fingerprint density at radius 1 is 0.920 bits per heavy atom. The maximum absolute atomic E-state index is 12.9. The molecule has 4 rings (SSSR count). The first-order chi connectivity index (χ1) is 12.2. The van der Waals surface area contributed by atoms with Gasteiger partial charge in [-0.3, -0.25) is 4.79 Å². The van der Waals surface area contributed by atoms with Crippen LogP contribution >= 0.6 is 23.5 Å². The highest BCUT2D eigenvalue weighted by molar-refractivity contribution is 8.19. The van der Waals surface area contributed by atoms with Crippen molar-refractivity contribution in [3.8, 4) is 0 Å². The summed E-state index contributed by atoms with van der Waals surface area (Å²) < 4.78 is 0.520. The Morgan fingerprint density at radius 2 is 1.60 bits per heavy atom. The molecule has 25 heavy (non-hydrogen) atoms. The standard InChI is InChI=1S/C20H22N2OS2/c21-18-13-22(12-17(18)14-4-2-1-3-5-14)19(23)15-6-8-16(9-7-15)20-24-10-11-25-20/h1-9,17-18,20H,10-13,21H2/t17-,18+/m0/s1. The zero-order chi connectivity index (χ0) is 17.2. The Bertz CT molecular complexity index is 729. The maximum atomic E-state index is 12.9. The molecule has 0 bridgehead atoms. The largest absolute Gasteiger partial charge is 0.336 e. The number of thioether (sulfide) groups is 2. The molecule has 2 saturated heterocycles. The normalized spacial score (nSPS) is 24.0. The number of carbonyl (C=O) groups excluding carboxylic acids is 1. The fourth-order valence-corrected chi connectivity index (χ4v) is 6.42. The lowest BCUT2D eigenvalue weighted by Crippen LogP contribution is -2.32. The van der Waals surface area contributed by atoms with Crippen molar-refractivity contribution in [3.63, 3.8) is 0 Å². The first-order valence-corrected chi connectivity index (χ1v) is 10.7. The first-order valence-electron chi connectivity index (χ1n) is 8.65. The van der Waals surface area contributed by atoms with Gasteiger partial charge in [-0.25, -0.2) is 0 Å². The Labute approximate surface area is 157 Å². The SMILES string of the molecule is N[C@@H]1CN(C(=O)c2ccc(C3SCCS3)cc2)C[C@H]1c1ccccc1. The number of likely N-dealkylation sites (tertiary alicyclic amines) is 1. The van der Waals surface area contributed by atoms with Gasteiger partial charge in [0.2, 0.25) is 0 Å². The molecule has 2 atom stereocenters. The Balaban J connectivity index is 1.46. The Hall–Kier alpha value is -1.43. The third-order valence-electron chi connectivity index (χ3n) is 4.93. The molecule has 0 saturated carbocycles. The molecule has 2 aromatic carbocycles. The van der Waals surface area contributed by atoms with E-state index in [0.717, 1.165) is 5.56 Å². The highest BCUT2D eigenvalue weighted by Gasteiger charge is 2.34. The van der Waals surface area contributed by atoms with Gasteiger partial charge in [-0.2, -0.15) is 0 Å². The van der Waals surface area contributed by atoms with Crippen LogP contribution in [0.25, 0.3) is 0 Å². The van der Waals surface area contributed by atoms with E-state index in [1.807, 2.05) is 58.8 Å². The predicted molar refractivity (Wildman–Crippen MR) is 107 cm³/mol. The average molecular weight is 371 g/mol. The number of nitrogens with zero attached hydrogens (tertiary/aromatic N) is 1. The molecule has 130 valence electrons. The molecular weight excluding hydrogens is 348 g/mol. The van der Waals surface area contributed by atoms with Crippen LogP contribution in [0.1, 0.15) is 32.0 Å². The van der Waals surface area contributed by atoms with Gasteiger partial charge in [0, 0.05) is 42.1 Å². The van der Waals surface area contributed by atoms with Gasteiger partial charge in [0.25, 0.3) is 5.91 Å². The third-order valence-corrected chi connectivity index (χ3v) is 8.04. The molecule has 1 amide bonds. The van der Waals surface area contributed by atoms with Crippen LogP contribution in [0.3, 0.4) is 0 Å². The monoisotopic (exact) mass is 370 g/mol. The van der Waals surface area contributed by atoms with E-state index in [1.54, 1.807) is 0 Å². The van der Waals surface area contributed by atoms with Crippen LogP contribution in [-0.2, 0) is 0 Å². The summed E-state index contributed by atoms with van der Waals surface area (Å²) in [7, 11) is 0. The van der Waals surface area contributed by atoms with Crippen LogP contribution in [0, 0.1) is 0 Å². The van der Waals surface area contributed by atoms with Gasteiger partial charge in [0.05, 0.1) is 4.58 Å². The molecule has 0 unspecified atom stereocenters. The summed E-state index contributed by atoms with van der Waals surface area (Å²) in [6.07, 6.45) is 0. The van der Waals surface area contributed by atoms with Gasteiger partial charge >= 0.3 is 0 Å². The summed E-state index contributed by atoms with van der Waals surface area (Å²) in [6.45, 7) is 1.31. The molecule has 2 N–H and O–H groups in total. The number of nitrogens with two attached hydrogens (primary N) is 1. The van der Waals surface area contributed by atoms with Gasteiger partial charge < -0.3 is 10.6 Å². The van der Waals surface area contributed by atoms with Crippen LogP contribution in [0.4, 0.5) is 0 Å². The van der Waals surface area contributed by atoms with Crippen LogP contribution < -0.4 is 5.73 Å². The van der Waals surface area contributed by atoms with E-state index >= 15 is 0 Å². The minimum atomic E-state index is -0.00286. The van der Waals surface area contributed by atoms with Crippen molar-refractivity contribution in [2.24, 2.45) is 5.73 Å². The fourth-order valence-electron chi connectivity index (χ4n) is 3.56. The highest BCUT2D eigenvalue weighted by atomic mass is 32.2. The van der Waals surface area contributed by atoms with Crippen LogP contribution in [-0.4, -0.2) is 41.4 Å². The van der Waals surface area contributed by atoms with Gasteiger partial charge in [-0.15, -0.1) is 23.5 Å². The van der Waals surface area contributed by atoms with Gasteiger partial charge in [-0.05, 0) is 23.3 Å². The average Bonchev–Trinajstić information content (AvgIpc) is 3.32. The molecule has 2 heterocycles. The minimum absolute atomic E-state index is 0.00286. The molecule has 0 aromatic heterocycles. The number of carbonyl (C=O) groups is 1. The second kappa shape index (κ2) is 7.44. The molecule has 0 spiro atoms. The number of rotatable bonds is 3. The van der Waals surface area contributed by atoms with E-state index in [1.165, 1.54) is 22.6 Å². The van der Waals surface area contributed by atoms with E-state index in [0.29, 0.717) is 17.7 Å². The maximum Gasteiger partial charge on any atom is 0.253 e. The van der Waals surface area contributed by atoms with Crippen molar-refractivity contribution in [3.05, 3.63) is 71.3 Å². The predicted octanol–water partition coefficient (Wildman–Crippen LogP) is 3.73. The Kier molecular flexibility index (Phi) is 5.06. The minimum Gasteiger partial charge on any atom is -0.336 e. The van der Waals surface area contributed by atoms with E-state index in [9.17, 15) is 4.79 Å². The number of hydrogen-bond acceptors (Lipinski definition) is 4. The van der Waals surface area contributed by atoms with Crippen molar-refractivity contribution in [2.75, 3.05) is 24.6 Å². The van der Waals surface area contributed by atoms with Crippen molar-refractivity contribution in [1.82, 2.24) is 4.90 Å². The molecular formula is C20H22N2OS2. The van der Waals surface area contributed by atoms with Crippen LogP contribution in [0.2, 0.25) is 0 Å². The smallest absolute Gasteiger partial charge is 0.253 e. The molecule has 3 nitrogen and oxygen atoms in total. The lowest BCUT2D eigenvalue weighted by atomic mass is 9.95. The second-order valence-corrected chi connectivity index (χ2v) is 9.31. The van der Waals surface area contributed by atoms with Crippen molar-refractivity contribution >= 4 is 29.4 Å². The third kappa shape index (κ3) is 3.59. The van der Waals surface area contributed by atoms with Crippen LogP contribution in [0.15, 0.2) is 54.6 Å². The molecule has 2 aliphatic heterocycles. The molecule has 0 radical (unpaired) electrons. The number of benzene rings is 2. The van der Waals surface area contributed by atoms with E-state index in [2.05, 4.69) is 24.3 Å². The van der Waals surface area contributed by atoms with E-state index in [-0.39, 0.29) is 17.9 Å². The van der Waals surface area contributed by atoms with Gasteiger partial charge in [0.1, 0.15) is 0 Å². The summed E-state index contributed by atoms with van der Waals surface area (Å²) in [6, 6.07) is 18.4. The topological polar surface area (TPSA) is 46.3 Å². The van der Waals surface area contributed by atoms with Crippen molar-refractivity contribution in [1.29, 1.82) is 0 Å². The van der Waals surface area contributed by atoms with Crippen LogP contribution in [0.5, 0.6) is 0 Å².